The highest BCUT2D eigenvalue weighted by atomic mass is 31.2. The minimum absolute atomic E-state index is 0.516. The standard InChI is InChI=1S/C7H17O4P/c1-4-9-12(10-5-2)11-7-6-8-3/h4-7H2,1-3H3. The van der Waals surface area contributed by atoms with Crippen molar-refractivity contribution < 1.29 is 18.3 Å². The average molecular weight is 196 g/mol. The Morgan fingerprint density at radius 2 is 1.50 bits per heavy atom. The van der Waals surface area contributed by atoms with Gasteiger partial charge in [0.15, 0.2) is 0 Å². The summed E-state index contributed by atoms with van der Waals surface area (Å²) in [7, 11) is 0.479. The van der Waals surface area contributed by atoms with E-state index in [2.05, 4.69) is 0 Å². The summed E-state index contributed by atoms with van der Waals surface area (Å²) in [5.74, 6) is 0. The van der Waals surface area contributed by atoms with E-state index >= 15 is 0 Å². The zero-order valence-corrected chi connectivity index (χ0v) is 8.80. The molecule has 0 aliphatic heterocycles. The van der Waals surface area contributed by atoms with Crippen molar-refractivity contribution in [2.75, 3.05) is 33.5 Å². The van der Waals surface area contributed by atoms with Crippen molar-refractivity contribution in [1.82, 2.24) is 0 Å². The lowest BCUT2D eigenvalue weighted by molar-refractivity contribution is 0.116. The van der Waals surface area contributed by atoms with Crippen LogP contribution in [0.5, 0.6) is 0 Å². The molecule has 0 heterocycles. The SMILES string of the molecule is CCOP(OCC)OCCOC. The van der Waals surface area contributed by atoms with Crippen LogP contribution in [0.3, 0.4) is 0 Å². The molecule has 0 rings (SSSR count). The van der Waals surface area contributed by atoms with Crippen LogP contribution in [0.1, 0.15) is 13.8 Å². The first kappa shape index (κ1) is 12.3. The second-order valence-electron chi connectivity index (χ2n) is 1.89. The molecule has 0 aliphatic rings. The smallest absolute Gasteiger partial charge is 0.332 e. The summed E-state index contributed by atoms with van der Waals surface area (Å²) < 4.78 is 20.5. The van der Waals surface area contributed by atoms with Gasteiger partial charge in [0.05, 0.1) is 26.4 Å². The molecule has 0 aliphatic carbocycles. The van der Waals surface area contributed by atoms with E-state index in [1.807, 2.05) is 13.8 Å². The Bertz CT molecular complexity index is 85.5. The van der Waals surface area contributed by atoms with E-state index < -0.39 is 8.60 Å². The molecule has 0 fully saturated rings. The van der Waals surface area contributed by atoms with Gasteiger partial charge in [-0.15, -0.1) is 0 Å². The Morgan fingerprint density at radius 3 is 1.92 bits per heavy atom. The first-order valence-electron chi connectivity index (χ1n) is 4.02. The summed E-state index contributed by atoms with van der Waals surface area (Å²) in [6.45, 7) is 6.13. The van der Waals surface area contributed by atoms with Crippen LogP contribution in [-0.4, -0.2) is 33.5 Å². The van der Waals surface area contributed by atoms with Crippen LogP contribution >= 0.6 is 8.60 Å². The minimum atomic E-state index is -1.15. The monoisotopic (exact) mass is 196 g/mol. The second-order valence-corrected chi connectivity index (χ2v) is 3.11. The highest BCUT2D eigenvalue weighted by Gasteiger charge is 2.09. The Kier molecular flexibility index (Phi) is 9.57. The fraction of sp³-hybridized carbons (Fsp3) is 1.00. The zero-order valence-electron chi connectivity index (χ0n) is 7.91. The van der Waals surface area contributed by atoms with Crippen molar-refractivity contribution in [3.05, 3.63) is 0 Å². The van der Waals surface area contributed by atoms with Gasteiger partial charge in [0.2, 0.25) is 0 Å². The second kappa shape index (κ2) is 9.36. The van der Waals surface area contributed by atoms with Crippen molar-refractivity contribution >= 4 is 8.60 Å². The van der Waals surface area contributed by atoms with Crippen LogP contribution in [0.2, 0.25) is 0 Å². The van der Waals surface area contributed by atoms with Gasteiger partial charge in [0.1, 0.15) is 0 Å². The lowest BCUT2D eigenvalue weighted by Gasteiger charge is -2.14. The maximum absolute atomic E-state index is 5.26. The molecule has 74 valence electrons. The third-order valence-corrected chi connectivity index (χ3v) is 2.28. The number of rotatable bonds is 8. The number of methoxy groups -OCH3 is 1. The van der Waals surface area contributed by atoms with Gasteiger partial charge in [0.25, 0.3) is 0 Å². The van der Waals surface area contributed by atoms with Crippen LogP contribution in [0.15, 0.2) is 0 Å². The molecule has 0 aromatic carbocycles. The zero-order chi connectivity index (χ0) is 9.23. The third kappa shape index (κ3) is 6.95. The summed E-state index contributed by atoms with van der Waals surface area (Å²) >= 11 is 0. The molecule has 5 heteroatoms. The molecule has 0 amide bonds. The molecule has 0 aromatic rings. The molecule has 0 N–H and O–H groups in total. The molecule has 0 saturated carbocycles. The first-order chi connectivity index (χ1) is 5.85. The van der Waals surface area contributed by atoms with Crippen molar-refractivity contribution in [2.24, 2.45) is 0 Å². The lowest BCUT2D eigenvalue weighted by Crippen LogP contribution is -2.01. The lowest BCUT2D eigenvalue weighted by atomic mass is 10.8. The minimum Gasteiger partial charge on any atom is -0.382 e. The highest BCUT2D eigenvalue weighted by molar-refractivity contribution is 7.41. The van der Waals surface area contributed by atoms with Crippen LogP contribution in [0.25, 0.3) is 0 Å². The molecule has 0 radical (unpaired) electrons. The quantitative estimate of drug-likeness (QED) is 0.439. The van der Waals surface area contributed by atoms with Gasteiger partial charge in [-0.25, -0.2) is 0 Å². The van der Waals surface area contributed by atoms with Crippen molar-refractivity contribution in [3.63, 3.8) is 0 Å². The molecule has 0 spiro atoms. The summed E-state index contributed by atoms with van der Waals surface area (Å²) in [6.07, 6.45) is 0. The van der Waals surface area contributed by atoms with E-state index in [4.69, 9.17) is 18.3 Å². The van der Waals surface area contributed by atoms with Crippen molar-refractivity contribution in [1.29, 1.82) is 0 Å². The van der Waals surface area contributed by atoms with Crippen LogP contribution in [-0.2, 0) is 18.3 Å². The molecule has 4 nitrogen and oxygen atoms in total. The van der Waals surface area contributed by atoms with Gasteiger partial charge in [-0.2, -0.15) is 0 Å². The number of hydrogen-bond donors (Lipinski definition) is 0. The third-order valence-electron chi connectivity index (χ3n) is 0.953. The largest absolute Gasteiger partial charge is 0.382 e. The molecule has 0 atom stereocenters. The van der Waals surface area contributed by atoms with E-state index in [9.17, 15) is 0 Å². The molecule has 0 unspecified atom stereocenters. The highest BCUT2D eigenvalue weighted by Crippen LogP contribution is 2.38. The van der Waals surface area contributed by atoms with Crippen molar-refractivity contribution in [2.45, 2.75) is 13.8 Å². The van der Waals surface area contributed by atoms with Gasteiger partial charge in [0, 0.05) is 7.11 Å². The maximum Gasteiger partial charge on any atom is 0.332 e. The van der Waals surface area contributed by atoms with E-state index in [-0.39, 0.29) is 0 Å². The summed E-state index contributed by atoms with van der Waals surface area (Å²) in [5.41, 5.74) is 0. The topological polar surface area (TPSA) is 36.9 Å². The Morgan fingerprint density at radius 1 is 0.917 bits per heavy atom. The van der Waals surface area contributed by atoms with Crippen LogP contribution < -0.4 is 0 Å². The van der Waals surface area contributed by atoms with E-state index in [0.29, 0.717) is 26.4 Å². The first-order valence-corrected chi connectivity index (χ1v) is 5.12. The summed E-state index contributed by atoms with van der Waals surface area (Å²) in [4.78, 5) is 0. The van der Waals surface area contributed by atoms with Gasteiger partial charge in [-0.1, -0.05) is 0 Å². The molecular weight excluding hydrogens is 179 g/mol. The Hall–Kier alpha value is 0.270. The van der Waals surface area contributed by atoms with Crippen LogP contribution in [0.4, 0.5) is 0 Å². The Balaban J connectivity index is 3.34. The molecular formula is C7H17O4P. The fourth-order valence-corrected chi connectivity index (χ4v) is 1.39. The van der Waals surface area contributed by atoms with Crippen LogP contribution in [0, 0.1) is 0 Å². The van der Waals surface area contributed by atoms with E-state index in [1.165, 1.54) is 0 Å². The predicted octanol–water partition coefficient (Wildman–Crippen LogP) is 1.95. The van der Waals surface area contributed by atoms with Gasteiger partial charge in [-0.05, 0) is 13.8 Å². The Labute approximate surface area is 75.1 Å². The molecule has 12 heavy (non-hydrogen) atoms. The van der Waals surface area contributed by atoms with Gasteiger partial charge in [-0.3, -0.25) is 0 Å². The van der Waals surface area contributed by atoms with E-state index in [0.717, 1.165) is 0 Å². The van der Waals surface area contributed by atoms with E-state index in [1.54, 1.807) is 7.11 Å². The number of hydrogen-bond acceptors (Lipinski definition) is 4. The number of ether oxygens (including phenoxy) is 1. The molecule has 0 saturated heterocycles. The normalized spacial score (nSPS) is 11.0. The summed E-state index contributed by atoms with van der Waals surface area (Å²) in [5, 5.41) is 0. The maximum atomic E-state index is 5.26. The fourth-order valence-electron chi connectivity index (χ4n) is 0.518. The molecule has 0 aromatic heterocycles. The van der Waals surface area contributed by atoms with Crippen molar-refractivity contribution in [3.8, 4) is 0 Å². The van der Waals surface area contributed by atoms with Gasteiger partial charge >= 0.3 is 8.60 Å². The van der Waals surface area contributed by atoms with Gasteiger partial charge < -0.3 is 18.3 Å². The average Bonchev–Trinajstić information content (AvgIpc) is 2.06. The molecule has 0 bridgehead atoms. The predicted molar refractivity (Wildman–Crippen MR) is 48.0 cm³/mol. The summed E-state index contributed by atoms with van der Waals surface area (Å²) in [6, 6.07) is 0.